The fourth-order valence-electron chi connectivity index (χ4n) is 2.46. The molecule has 1 saturated carbocycles. The van der Waals surface area contributed by atoms with E-state index in [0.29, 0.717) is 17.0 Å². The Morgan fingerprint density at radius 1 is 1.38 bits per heavy atom. The Balaban J connectivity index is 2.19. The number of ether oxygens (including phenoxy) is 1. The summed E-state index contributed by atoms with van der Waals surface area (Å²) < 4.78 is 5.24. The number of halogens is 1. The molecule has 0 spiro atoms. The maximum absolute atomic E-state index is 6.01. The monoisotopic (exact) mass is 239 g/mol. The molecule has 0 aliphatic heterocycles. The molecular formula is C13H18ClNO. The normalized spacial score (nSPS) is 25.4. The van der Waals surface area contributed by atoms with E-state index in [-0.39, 0.29) is 0 Å². The average Bonchev–Trinajstić information content (AvgIpc) is 2.29. The molecule has 1 aromatic rings. The molecule has 1 aliphatic rings. The van der Waals surface area contributed by atoms with Crippen molar-refractivity contribution in [2.75, 3.05) is 7.11 Å². The van der Waals surface area contributed by atoms with E-state index in [2.05, 4.69) is 6.07 Å². The number of hydrogen-bond acceptors (Lipinski definition) is 2. The highest BCUT2D eigenvalue weighted by molar-refractivity contribution is 6.32. The molecule has 3 heteroatoms. The van der Waals surface area contributed by atoms with Crippen LogP contribution in [0.15, 0.2) is 18.2 Å². The molecule has 2 nitrogen and oxygen atoms in total. The van der Waals surface area contributed by atoms with Gasteiger partial charge in [0, 0.05) is 6.04 Å². The summed E-state index contributed by atoms with van der Waals surface area (Å²) in [6.07, 6.45) is 4.67. The highest BCUT2D eigenvalue weighted by Gasteiger charge is 2.21. The van der Waals surface area contributed by atoms with E-state index in [0.717, 1.165) is 18.6 Å². The van der Waals surface area contributed by atoms with Gasteiger partial charge in [0.2, 0.25) is 0 Å². The van der Waals surface area contributed by atoms with Crippen molar-refractivity contribution in [2.45, 2.75) is 37.6 Å². The number of benzene rings is 1. The maximum Gasteiger partial charge on any atom is 0.137 e. The van der Waals surface area contributed by atoms with Gasteiger partial charge in [-0.25, -0.2) is 0 Å². The first-order valence-corrected chi connectivity index (χ1v) is 6.17. The van der Waals surface area contributed by atoms with Gasteiger partial charge in [0.15, 0.2) is 0 Å². The highest BCUT2D eigenvalue weighted by Crippen LogP contribution is 2.35. The van der Waals surface area contributed by atoms with Crippen LogP contribution in [-0.4, -0.2) is 13.2 Å². The van der Waals surface area contributed by atoms with Crippen LogP contribution in [0.4, 0.5) is 0 Å². The van der Waals surface area contributed by atoms with E-state index in [1.807, 2.05) is 12.1 Å². The van der Waals surface area contributed by atoms with Crippen molar-refractivity contribution >= 4 is 11.6 Å². The predicted octanol–water partition coefficient (Wildman–Crippen LogP) is 3.33. The average molecular weight is 240 g/mol. The molecule has 0 bridgehead atoms. The summed E-state index contributed by atoms with van der Waals surface area (Å²) in [5, 5.41) is 0.673. The van der Waals surface area contributed by atoms with Crippen LogP contribution in [0.1, 0.15) is 37.2 Å². The number of nitrogens with two attached hydrogens (primary N) is 1. The van der Waals surface area contributed by atoms with Crippen molar-refractivity contribution in [3.05, 3.63) is 28.8 Å². The van der Waals surface area contributed by atoms with Crippen LogP contribution >= 0.6 is 11.6 Å². The zero-order valence-corrected chi connectivity index (χ0v) is 10.3. The summed E-state index contributed by atoms with van der Waals surface area (Å²) in [4.78, 5) is 0. The van der Waals surface area contributed by atoms with Gasteiger partial charge in [-0.1, -0.05) is 24.1 Å². The minimum Gasteiger partial charge on any atom is -0.495 e. The Morgan fingerprint density at radius 2 is 2.19 bits per heavy atom. The molecule has 0 amide bonds. The van der Waals surface area contributed by atoms with Crippen LogP contribution in [0.25, 0.3) is 0 Å². The largest absolute Gasteiger partial charge is 0.495 e. The van der Waals surface area contributed by atoms with Crippen molar-refractivity contribution in [1.29, 1.82) is 0 Å². The molecular weight excluding hydrogens is 222 g/mol. The molecule has 1 fully saturated rings. The first kappa shape index (κ1) is 11.7. The molecule has 2 atom stereocenters. The van der Waals surface area contributed by atoms with Gasteiger partial charge in [0.1, 0.15) is 5.75 Å². The minimum absolute atomic E-state index is 0.348. The smallest absolute Gasteiger partial charge is 0.137 e. The minimum atomic E-state index is 0.348. The lowest BCUT2D eigenvalue weighted by molar-refractivity contribution is 0.388. The molecule has 2 N–H and O–H groups in total. The molecule has 1 aliphatic carbocycles. The van der Waals surface area contributed by atoms with E-state index in [1.165, 1.54) is 18.4 Å². The summed E-state index contributed by atoms with van der Waals surface area (Å²) in [7, 11) is 1.65. The zero-order chi connectivity index (χ0) is 11.5. The third kappa shape index (κ3) is 2.50. The lowest BCUT2D eigenvalue weighted by Crippen LogP contribution is -2.26. The van der Waals surface area contributed by atoms with Gasteiger partial charge in [-0.2, -0.15) is 0 Å². The summed E-state index contributed by atoms with van der Waals surface area (Å²) in [5.41, 5.74) is 7.31. The molecule has 0 saturated heterocycles. The maximum atomic E-state index is 6.01. The quantitative estimate of drug-likeness (QED) is 0.859. The Kier molecular flexibility index (Phi) is 3.72. The van der Waals surface area contributed by atoms with E-state index in [4.69, 9.17) is 22.1 Å². The lowest BCUT2D eigenvalue weighted by atomic mass is 9.82. The SMILES string of the molecule is COc1cc(C2CCCC(N)C2)ccc1Cl. The second-order valence-electron chi connectivity index (χ2n) is 4.52. The first-order valence-electron chi connectivity index (χ1n) is 5.79. The van der Waals surface area contributed by atoms with E-state index in [1.54, 1.807) is 7.11 Å². The Labute approximate surface area is 102 Å². The van der Waals surface area contributed by atoms with Gasteiger partial charge in [-0.3, -0.25) is 0 Å². The molecule has 2 unspecified atom stereocenters. The standard InChI is InChI=1S/C13H18ClNO/c1-16-13-8-10(5-6-12(13)14)9-3-2-4-11(15)7-9/h5-6,8-9,11H,2-4,7,15H2,1H3. The van der Waals surface area contributed by atoms with Gasteiger partial charge in [-0.05, 0) is 42.9 Å². The lowest BCUT2D eigenvalue weighted by Gasteiger charge is -2.27. The Bertz CT molecular complexity index is 367. The second kappa shape index (κ2) is 5.07. The summed E-state index contributed by atoms with van der Waals surface area (Å²) in [6, 6.07) is 6.40. The Morgan fingerprint density at radius 3 is 2.88 bits per heavy atom. The molecule has 2 rings (SSSR count). The molecule has 0 radical (unpaired) electrons. The van der Waals surface area contributed by atoms with Gasteiger partial charge in [0.05, 0.1) is 12.1 Å². The van der Waals surface area contributed by atoms with E-state index in [9.17, 15) is 0 Å². The summed E-state index contributed by atoms with van der Waals surface area (Å²) in [5.74, 6) is 1.33. The van der Waals surface area contributed by atoms with Gasteiger partial charge in [-0.15, -0.1) is 0 Å². The van der Waals surface area contributed by atoms with E-state index < -0.39 is 0 Å². The van der Waals surface area contributed by atoms with Crippen LogP contribution in [0, 0.1) is 0 Å². The number of hydrogen-bond donors (Lipinski definition) is 1. The van der Waals surface area contributed by atoms with Crippen LogP contribution in [-0.2, 0) is 0 Å². The van der Waals surface area contributed by atoms with Gasteiger partial charge < -0.3 is 10.5 Å². The number of rotatable bonds is 2. The van der Waals surface area contributed by atoms with Crippen LogP contribution in [0.3, 0.4) is 0 Å². The fraction of sp³-hybridized carbons (Fsp3) is 0.538. The fourth-order valence-corrected chi connectivity index (χ4v) is 2.66. The van der Waals surface area contributed by atoms with Crippen molar-refractivity contribution in [3.8, 4) is 5.75 Å². The first-order chi connectivity index (χ1) is 7.70. The molecule has 16 heavy (non-hydrogen) atoms. The van der Waals surface area contributed by atoms with Crippen molar-refractivity contribution in [2.24, 2.45) is 5.73 Å². The van der Waals surface area contributed by atoms with Crippen LogP contribution in [0.2, 0.25) is 5.02 Å². The van der Waals surface area contributed by atoms with Crippen molar-refractivity contribution in [1.82, 2.24) is 0 Å². The van der Waals surface area contributed by atoms with Crippen molar-refractivity contribution in [3.63, 3.8) is 0 Å². The topological polar surface area (TPSA) is 35.2 Å². The van der Waals surface area contributed by atoms with Crippen molar-refractivity contribution < 1.29 is 4.74 Å². The molecule has 1 aromatic carbocycles. The predicted molar refractivity (Wildman–Crippen MR) is 67.2 cm³/mol. The van der Waals surface area contributed by atoms with Crippen LogP contribution < -0.4 is 10.5 Å². The summed E-state index contributed by atoms with van der Waals surface area (Å²) in [6.45, 7) is 0. The Hall–Kier alpha value is -0.730. The van der Waals surface area contributed by atoms with Gasteiger partial charge >= 0.3 is 0 Å². The molecule has 88 valence electrons. The number of methoxy groups -OCH3 is 1. The third-order valence-electron chi connectivity index (χ3n) is 3.36. The summed E-state index contributed by atoms with van der Waals surface area (Å²) >= 11 is 6.01. The molecule has 0 heterocycles. The van der Waals surface area contributed by atoms with Gasteiger partial charge in [0.25, 0.3) is 0 Å². The zero-order valence-electron chi connectivity index (χ0n) is 9.58. The van der Waals surface area contributed by atoms with Crippen LogP contribution in [0.5, 0.6) is 5.75 Å². The second-order valence-corrected chi connectivity index (χ2v) is 4.92. The molecule has 0 aromatic heterocycles. The third-order valence-corrected chi connectivity index (χ3v) is 3.67. The van der Waals surface area contributed by atoms with E-state index >= 15 is 0 Å². The highest BCUT2D eigenvalue weighted by atomic mass is 35.5.